The van der Waals surface area contributed by atoms with Gasteiger partial charge in [-0.25, -0.2) is 0 Å². The van der Waals surface area contributed by atoms with E-state index in [9.17, 15) is 4.79 Å². The van der Waals surface area contributed by atoms with Crippen LogP contribution in [0.2, 0.25) is 0 Å². The van der Waals surface area contributed by atoms with Crippen molar-refractivity contribution in [3.8, 4) is 0 Å². The van der Waals surface area contributed by atoms with Gasteiger partial charge >= 0.3 is 0 Å². The molecule has 3 heteroatoms. The predicted molar refractivity (Wildman–Crippen MR) is 60.2 cm³/mol. The number of hydrogen-bond donors (Lipinski definition) is 2. The van der Waals surface area contributed by atoms with Crippen LogP contribution in [-0.4, -0.2) is 19.0 Å². The third kappa shape index (κ3) is 2.51. The zero-order valence-corrected chi connectivity index (χ0v) is 9.75. The average molecular weight is 210 g/mol. The van der Waals surface area contributed by atoms with Crippen molar-refractivity contribution in [2.75, 3.05) is 13.1 Å². The van der Waals surface area contributed by atoms with E-state index in [1.807, 2.05) is 0 Å². The molecule has 2 unspecified atom stereocenters. The zero-order chi connectivity index (χ0) is 11.1. The van der Waals surface area contributed by atoms with E-state index in [1.165, 1.54) is 6.42 Å². The lowest BCUT2D eigenvalue weighted by Crippen LogP contribution is -2.40. The molecule has 2 saturated carbocycles. The molecule has 2 aliphatic rings. The standard InChI is InChI=1S/C12H22N2O/c1-12(2,6-13)7-14-11(15)10-4-8-3-9(8)5-10/h8-10H,3-7,13H2,1-2H3,(H,14,15). The average Bonchev–Trinajstić information content (AvgIpc) is 2.82. The summed E-state index contributed by atoms with van der Waals surface area (Å²) in [5.74, 6) is 2.30. The van der Waals surface area contributed by atoms with Gasteiger partial charge in [0.2, 0.25) is 5.91 Å². The number of carbonyl (C=O) groups excluding carboxylic acids is 1. The molecule has 0 saturated heterocycles. The van der Waals surface area contributed by atoms with Crippen molar-refractivity contribution in [2.24, 2.45) is 28.9 Å². The normalized spacial score (nSPS) is 33.7. The monoisotopic (exact) mass is 210 g/mol. The van der Waals surface area contributed by atoms with Crippen molar-refractivity contribution in [1.29, 1.82) is 0 Å². The Morgan fingerprint density at radius 2 is 1.93 bits per heavy atom. The van der Waals surface area contributed by atoms with Gasteiger partial charge in [-0.3, -0.25) is 4.79 Å². The van der Waals surface area contributed by atoms with E-state index in [0.29, 0.717) is 19.0 Å². The molecule has 0 heterocycles. The van der Waals surface area contributed by atoms with E-state index in [-0.39, 0.29) is 11.3 Å². The van der Waals surface area contributed by atoms with Gasteiger partial charge in [-0.15, -0.1) is 0 Å². The fraction of sp³-hybridized carbons (Fsp3) is 0.917. The third-order valence-corrected chi connectivity index (χ3v) is 3.91. The smallest absolute Gasteiger partial charge is 0.223 e. The van der Waals surface area contributed by atoms with Crippen molar-refractivity contribution < 1.29 is 4.79 Å². The molecule has 15 heavy (non-hydrogen) atoms. The molecule has 0 aliphatic heterocycles. The highest BCUT2D eigenvalue weighted by molar-refractivity contribution is 5.79. The molecule has 0 aromatic heterocycles. The molecule has 1 amide bonds. The molecule has 2 fully saturated rings. The Morgan fingerprint density at radius 3 is 2.47 bits per heavy atom. The Labute approximate surface area is 91.8 Å². The minimum absolute atomic E-state index is 0.0250. The number of fused-ring (bicyclic) bond motifs is 1. The Morgan fingerprint density at radius 1 is 1.33 bits per heavy atom. The van der Waals surface area contributed by atoms with Gasteiger partial charge in [-0.1, -0.05) is 13.8 Å². The highest BCUT2D eigenvalue weighted by Gasteiger charge is 2.47. The zero-order valence-electron chi connectivity index (χ0n) is 9.75. The minimum atomic E-state index is 0.0250. The molecule has 3 nitrogen and oxygen atoms in total. The van der Waals surface area contributed by atoms with Crippen LogP contribution < -0.4 is 11.1 Å². The lowest BCUT2D eigenvalue weighted by molar-refractivity contribution is -0.125. The van der Waals surface area contributed by atoms with Gasteiger partial charge in [-0.2, -0.15) is 0 Å². The van der Waals surface area contributed by atoms with Crippen LogP contribution in [0.3, 0.4) is 0 Å². The summed E-state index contributed by atoms with van der Waals surface area (Å²) in [5.41, 5.74) is 5.65. The molecule has 0 bridgehead atoms. The van der Waals surface area contributed by atoms with Gasteiger partial charge < -0.3 is 11.1 Å². The van der Waals surface area contributed by atoms with Crippen LogP contribution >= 0.6 is 0 Å². The largest absolute Gasteiger partial charge is 0.355 e. The van der Waals surface area contributed by atoms with Crippen molar-refractivity contribution in [2.45, 2.75) is 33.1 Å². The highest BCUT2D eigenvalue weighted by Crippen LogP contribution is 2.54. The number of amides is 1. The summed E-state index contributed by atoms with van der Waals surface area (Å²) in [7, 11) is 0. The Bertz CT molecular complexity index is 252. The van der Waals surface area contributed by atoms with E-state index < -0.39 is 0 Å². The van der Waals surface area contributed by atoms with Crippen LogP contribution in [0.15, 0.2) is 0 Å². The van der Waals surface area contributed by atoms with Gasteiger partial charge in [0.1, 0.15) is 0 Å². The molecule has 2 rings (SSSR count). The summed E-state index contributed by atoms with van der Waals surface area (Å²) < 4.78 is 0. The fourth-order valence-corrected chi connectivity index (χ4v) is 2.47. The third-order valence-electron chi connectivity index (χ3n) is 3.91. The number of carbonyl (C=O) groups is 1. The molecule has 2 aliphatic carbocycles. The first kappa shape index (κ1) is 10.9. The van der Waals surface area contributed by atoms with E-state index in [1.54, 1.807) is 0 Å². The number of hydrogen-bond acceptors (Lipinski definition) is 2. The molecule has 0 aromatic rings. The first-order chi connectivity index (χ1) is 7.02. The van der Waals surface area contributed by atoms with Crippen LogP contribution in [0.5, 0.6) is 0 Å². The van der Waals surface area contributed by atoms with E-state index in [2.05, 4.69) is 19.2 Å². The molecule has 86 valence electrons. The first-order valence-corrected chi connectivity index (χ1v) is 5.99. The van der Waals surface area contributed by atoms with Crippen LogP contribution in [0, 0.1) is 23.2 Å². The summed E-state index contributed by atoms with van der Waals surface area (Å²) >= 11 is 0. The molecule has 3 N–H and O–H groups in total. The Balaban J connectivity index is 1.73. The quantitative estimate of drug-likeness (QED) is 0.731. The van der Waals surface area contributed by atoms with E-state index in [0.717, 1.165) is 24.7 Å². The Hall–Kier alpha value is -0.570. The fourth-order valence-electron chi connectivity index (χ4n) is 2.47. The van der Waals surface area contributed by atoms with Crippen molar-refractivity contribution in [3.63, 3.8) is 0 Å². The SMILES string of the molecule is CC(C)(CN)CNC(=O)C1CC2CC2C1. The second-order valence-corrected chi connectivity index (χ2v) is 6.01. The molecule has 0 radical (unpaired) electrons. The summed E-state index contributed by atoms with van der Waals surface area (Å²) in [5, 5.41) is 3.04. The van der Waals surface area contributed by atoms with Crippen LogP contribution in [-0.2, 0) is 4.79 Å². The van der Waals surface area contributed by atoms with Crippen molar-refractivity contribution in [1.82, 2.24) is 5.32 Å². The highest BCUT2D eigenvalue weighted by atomic mass is 16.1. The van der Waals surface area contributed by atoms with Crippen molar-refractivity contribution >= 4 is 5.91 Å². The topological polar surface area (TPSA) is 55.1 Å². The molecule has 0 aromatic carbocycles. The number of rotatable bonds is 4. The lowest BCUT2D eigenvalue weighted by atomic mass is 9.93. The molecule has 2 atom stereocenters. The predicted octanol–water partition coefficient (Wildman–Crippen LogP) is 1.13. The van der Waals surface area contributed by atoms with Gasteiger partial charge in [0.25, 0.3) is 0 Å². The number of nitrogens with two attached hydrogens (primary N) is 1. The molecular formula is C12H22N2O. The van der Waals surface area contributed by atoms with Crippen LogP contribution in [0.25, 0.3) is 0 Å². The summed E-state index contributed by atoms with van der Waals surface area (Å²) in [6.07, 6.45) is 3.62. The first-order valence-electron chi connectivity index (χ1n) is 5.99. The maximum absolute atomic E-state index is 11.8. The van der Waals surface area contributed by atoms with Gasteiger partial charge in [0.15, 0.2) is 0 Å². The second-order valence-electron chi connectivity index (χ2n) is 6.01. The van der Waals surface area contributed by atoms with Gasteiger partial charge in [0.05, 0.1) is 0 Å². The maximum atomic E-state index is 11.8. The van der Waals surface area contributed by atoms with Crippen LogP contribution in [0.1, 0.15) is 33.1 Å². The second kappa shape index (κ2) is 3.78. The lowest BCUT2D eigenvalue weighted by Gasteiger charge is -2.24. The van der Waals surface area contributed by atoms with Crippen LogP contribution in [0.4, 0.5) is 0 Å². The summed E-state index contributed by atoms with van der Waals surface area (Å²) in [6, 6.07) is 0. The molecule has 0 spiro atoms. The van der Waals surface area contributed by atoms with Gasteiger partial charge in [-0.05, 0) is 43.1 Å². The summed E-state index contributed by atoms with van der Waals surface area (Å²) in [4.78, 5) is 11.8. The van der Waals surface area contributed by atoms with E-state index >= 15 is 0 Å². The minimum Gasteiger partial charge on any atom is -0.355 e. The molecular weight excluding hydrogens is 188 g/mol. The summed E-state index contributed by atoms with van der Waals surface area (Å²) in [6.45, 7) is 5.48. The Kier molecular flexibility index (Phi) is 2.75. The van der Waals surface area contributed by atoms with E-state index in [4.69, 9.17) is 5.73 Å². The number of nitrogens with one attached hydrogen (secondary N) is 1. The maximum Gasteiger partial charge on any atom is 0.223 e. The van der Waals surface area contributed by atoms with Crippen molar-refractivity contribution in [3.05, 3.63) is 0 Å². The van der Waals surface area contributed by atoms with Gasteiger partial charge in [0, 0.05) is 12.5 Å².